The first kappa shape index (κ1) is 10.6. The van der Waals surface area contributed by atoms with Crippen LogP contribution in [0.4, 0.5) is 0 Å². The number of aromatic amines is 1. The highest BCUT2D eigenvalue weighted by molar-refractivity contribution is 9.11. The van der Waals surface area contributed by atoms with Gasteiger partial charge in [-0.25, -0.2) is 0 Å². The molecule has 0 amide bonds. The molecule has 0 aromatic carbocycles. The zero-order valence-electron chi connectivity index (χ0n) is 7.67. The van der Waals surface area contributed by atoms with Gasteiger partial charge in [0.2, 0.25) is 5.43 Å². The number of aryl methyl sites for hydroxylation is 1. The number of fused-ring (bicyclic) bond motifs is 1. The molecule has 6 heteroatoms. The lowest BCUT2D eigenvalue weighted by molar-refractivity contribution is 1.02. The lowest BCUT2D eigenvalue weighted by Gasteiger charge is -2.04. The fourth-order valence-corrected chi connectivity index (χ4v) is 2.47. The van der Waals surface area contributed by atoms with Crippen LogP contribution in [0, 0.1) is 6.92 Å². The summed E-state index contributed by atoms with van der Waals surface area (Å²) in [6.45, 7) is 1.71. The monoisotopic (exact) mass is 332 g/mol. The fraction of sp³-hybridized carbons (Fsp3) is 0.111. The zero-order valence-corrected chi connectivity index (χ0v) is 10.8. The predicted molar refractivity (Wildman–Crippen MR) is 64.4 cm³/mol. The third-order valence-corrected chi connectivity index (χ3v) is 3.36. The van der Waals surface area contributed by atoms with Crippen LogP contribution in [0.15, 0.2) is 30.9 Å². The van der Waals surface area contributed by atoms with Crippen molar-refractivity contribution >= 4 is 37.5 Å². The van der Waals surface area contributed by atoms with Crippen molar-refractivity contribution in [2.75, 3.05) is 0 Å². The van der Waals surface area contributed by atoms with Gasteiger partial charge in [0, 0.05) is 18.0 Å². The quantitative estimate of drug-likeness (QED) is 0.799. The Hall–Kier alpha value is -0.880. The maximum absolute atomic E-state index is 11.5. The topological polar surface area (TPSA) is 54.3 Å². The molecule has 0 atom stereocenters. The Balaban J connectivity index is 3.06. The number of rotatable bonds is 0. The van der Waals surface area contributed by atoms with Crippen LogP contribution < -0.4 is 11.0 Å². The number of aromatic nitrogens is 2. The summed E-state index contributed by atoms with van der Waals surface area (Å²) in [4.78, 5) is 25.6. The SMILES string of the molecule is Cc1cn2cc(Br)c(=O)c(Br)c2[nH]c1=O. The van der Waals surface area contributed by atoms with Gasteiger partial charge in [-0.15, -0.1) is 0 Å². The Kier molecular flexibility index (Phi) is 2.56. The van der Waals surface area contributed by atoms with Crippen molar-refractivity contribution in [2.24, 2.45) is 0 Å². The van der Waals surface area contributed by atoms with E-state index in [-0.39, 0.29) is 11.0 Å². The summed E-state index contributed by atoms with van der Waals surface area (Å²) in [5, 5.41) is 0. The van der Waals surface area contributed by atoms with Gasteiger partial charge in [-0.1, -0.05) is 0 Å². The fourth-order valence-electron chi connectivity index (χ4n) is 1.27. The number of nitrogens with zero attached hydrogens (tertiary/aromatic N) is 1. The van der Waals surface area contributed by atoms with Crippen LogP contribution in [0.2, 0.25) is 0 Å². The summed E-state index contributed by atoms with van der Waals surface area (Å²) in [5.74, 6) is 0. The van der Waals surface area contributed by atoms with E-state index in [0.29, 0.717) is 20.2 Å². The second-order valence-corrected chi connectivity index (χ2v) is 4.79. The Morgan fingerprint density at radius 2 is 1.93 bits per heavy atom. The van der Waals surface area contributed by atoms with E-state index in [1.165, 1.54) is 0 Å². The number of hydrogen-bond donors (Lipinski definition) is 1. The van der Waals surface area contributed by atoms with Gasteiger partial charge in [0.15, 0.2) is 0 Å². The molecule has 2 heterocycles. The van der Waals surface area contributed by atoms with Gasteiger partial charge >= 0.3 is 0 Å². The number of halogens is 2. The van der Waals surface area contributed by atoms with Gasteiger partial charge in [0.25, 0.3) is 5.56 Å². The highest BCUT2D eigenvalue weighted by atomic mass is 79.9. The van der Waals surface area contributed by atoms with E-state index in [1.807, 2.05) is 0 Å². The van der Waals surface area contributed by atoms with E-state index in [1.54, 1.807) is 23.7 Å². The predicted octanol–water partition coefficient (Wildman–Crippen LogP) is 1.82. The normalized spacial score (nSPS) is 10.9. The Morgan fingerprint density at radius 1 is 1.27 bits per heavy atom. The largest absolute Gasteiger partial charge is 0.307 e. The van der Waals surface area contributed by atoms with Crippen molar-refractivity contribution in [3.8, 4) is 0 Å². The minimum atomic E-state index is -0.197. The number of pyridine rings is 1. The minimum Gasteiger partial charge on any atom is -0.307 e. The molecule has 0 bridgehead atoms. The maximum atomic E-state index is 11.5. The summed E-state index contributed by atoms with van der Waals surface area (Å²) < 4.78 is 2.47. The van der Waals surface area contributed by atoms with Crippen molar-refractivity contribution in [3.63, 3.8) is 0 Å². The molecular weight excluding hydrogens is 328 g/mol. The molecule has 0 radical (unpaired) electrons. The lowest BCUT2D eigenvalue weighted by atomic mass is 10.3. The van der Waals surface area contributed by atoms with E-state index in [9.17, 15) is 9.59 Å². The van der Waals surface area contributed by atoms with E-state index >= 15 is 0 Å². The van der Waals surface area contributed by atoms with E-state index in [0.717, 1.165) is 0 Å². The van der Waals surface area contributed by atoms with Crippen molar-refractivity contribution in [3.05, 3.63) is 47.5 Å². The molecule has 4 nitrogen and oxygen atoms in total. The molecule has 1 N–H and O–H groups in total. The van der Waals surface area contributed by atoms with Gasteiger partial charge in [-0.2, -0.15) is 0 Å². The Bertz CT molecular complexity index is 652. The molecule has 0 saturated heterocycles. The first-order chi connectivity index (χ1) is 7.00. The summed E-state index contributed by atoms with van der Waals surface area (Å²) in [7, 11) is 0. The van der Waals surface area contributed by atoms with Crippen molar-refractivity contribution in [2.45, 2.75) is 6.92 Å². The highest BCUT2D eigenvalue weighted by Gasteiger charge is 2.08. The smallest absolute Gasteiger partial charge is 0.253 e. The van der Waals surface area contributed by atoms with Crippen molar-refractivity contribution in [1.82, 2.24) is 9.38 Å². The third kappa shape index (κ3) is 1.68. The molecule has 2 rings (SSSR count). The standard InChI is InChI=1S/C9H6Br2N2O2/c1-4-2-13-3-5(10)7(14)6(11)8(13)12-9(4)15/h2-3H,1H3,(H,12,15). The Morgan fingerprint density at radius 3 is 2.60 bits per heavy atom. The summed E-state index contributed by atoms with van der Waals surface area (Å²) >= 11 is 6.31. The molecule has 0 spiro atoms. The molecule has 0 aliphatic heterocycles. The first-order valence-electron chi connectivity index (χ1n) is 4.10. The second kappa shape index (κ2) is 3.61. The lowest BCUT2D eigenvalue weighted by Crippen LogP contribution is -2.16. The second-order valence-electron chi connectivity index (χ2n) is 3.14. The van der Waals surface area contributed by atoms with Crippen LogP contribution in [0.25, 0.3) is 5.65 Å². The molecule has 0 aliphatic rings. The summed E-state index contributed by atoms with van der Waals surface area (Å²) in [6, 6.07) is 0. The van der Waals surface area contributed by atoms with Gasteiger partial charge in [0.1, 0.15) is 10.1 Å². The number of H-pyrrole nitrogens is 1. The van der Waals surface area contributed by atoms with Crippen LogP contribution in [0.5, 0.6) is 0 Å². The molecule has 15 heavy (non-hydrogen) atoms. The molecular formula is C9H6Br2N2O2. The maximum Gasteiger partial charge on any atom is 0.253 e. The molecule has 0 aliphatic carbocycles. The summed E-state index contributed by atoms with van der Waals surface area (Å²) in [5.41, 5.74) is 0.663. The van der Waals surface area contributed by atoms with Crippen LogP contribution in [0.1, 0.15) is 5.56 Å². The van der Waals surface area contributed by atoms with Crippen LogP contribution in [-0.2, 0) is 0 Å². The first-order valence-corrected chi connectivity index (χ1v) is 5.69. The Labute approximate surface area is 101 Å². The van der Waals surface area contributed by atoms with Crippen molar-refractivity contribution < 1.29 is 0 Å². The summed E-state index contributed by atoms with van der Waals surface area (Å²) in [6.07, 6.45) is 3.29. The molecule has 2 aromatic heterocycles. The van der Waals surface area contributed by atoms with Crippen molar-refractivity contribution in [1.29, 1.82) is 0 Å². The van der Waals surface area contributed by atoms with Crippen LogP contribution in [0.3, 0.4) is 0 Å². The average Bonchev–Trinajstić information content (AvgIpc) is 2.19. The average molecular weight is 334 g/mol. The van der Waals surface area contributed by atoms with Crippen LogP contribution >= 0.6 is 31.9 Å². The van der Waals surface area contributed by atoms with E-state index in [2.05, 4.69) is 36.8 Å². The third-order valence-electron chi connectivity index (χ3n) is 2.06. The number of nitrogens with one attached hydrogen (secondary N) is 1. The molecule has 0 fully saturated rings. The molecule has 0 saturated carbocycles. The molecule has 2 aromatic rings. The van der Waals surface area contributed by atoms with E-state index in [4.69, 9.17) is 0 Å². The van der Waals surface area contributed by atoms with Gasteiger partial charge in [0.05, 0.1) is 4.47 Å². The number of hydrogen-bond acceptors (Lipinski definition) is 2. The van der Waals surface area contributed by atoms with Gasteiger partial charge in [-0.3, -0.25) is 9.59 Å². The van der Waals surface area contributed by atoms with E-state index < -0.39 is 0 Å². The highest BCUT2D eigenvalue weighted by Crippen LogP contribution is 2.14. The minimum absolute atomic E-state index is 0.186. The van der Waals surface area contributed by atoms with Gasteiger partial charge < -0.3 is 9.38 Å². The molecule has 0 unspecified atom stereocenters. The zero-order chi connectivity index (χ0) is 11.2. The van der Waals surface area contributed by atoms with Gasteiger partial charge in [-0.05, 0) is 38.8 Å². The van der Waals surface area contributed by atoms with Crippen LogP contribution in [-0.4, -0.2) is 9.38 Å². The molecule has 78 valence electrons.